The molecule has 6 heteroatoms. The van der Waals surface area contributed by atoms with Crippen LogP contribution in [-0.4, -0.2) is 45.1 Å². The molecule has 6 nitrogen and oxygen atoms in total. The molecule has 3 aromatic rings. The van der Waals surface area contributed by atoms with Crippen LogP contribution in [0.25, 0.3) is 22.2 Å². The van der Waals surface area contributed by atoms with Crippen LogP contribution in [0.1, 0.15) is 19.3 Å². The van der Waals surface area contributed by atoms with E-state index in [2.05, 4.69) is 36.2 Å². The lowest BCUT2D eigenvalue weighted by Crippen LogP contribution is -2.42. The molecule has 2 N–H and O–H groups in total. The molecule has 5 rings (SSSR count). The van der Waals surface area contributed by atoms with Crippen LogP contribution in [-0.2, 0) is 0 Å². The third kappa shape index (κ3) is 2.10. The molecule has 0 bridgehead atoms. The van der Waals surface area contributed by atoms with Crippen molar-refractivity contribution in [3.63, 3.8) is 0 Å². The number of hydrogen-bond acceptors (Lipinski definition) is 5. The topological polar surface area (TPSA) is 69.7 Å². The minimum atomic E-state index is 0.307. The second kappa shape index (κ2) is 5.27. The van der Waals surface area contributed by atoms with Crippen LogP contribution in [0.2, 0.25) is 0 Å². The van der Waals surface area contributed by atoms with Crippen LogP contribution < -0.4 is 10.2 Å². The quantitative estimate of drug-likeness (QED) is 0.758. The SMILES string of the molecule is c1ncc(-c2c[nH]c3nccc(N4CCC5(CCCN5)C4)c23)cn1. The minimum absolute atomic E-state index is 0.307. The lowest BCUT2D eigenvalue weighted by atomic mass is 9.97. The Balaban J connectivity index is 1.60. The Morgan fingerprint density at radius 1 is 1.17 bits per heavy atom. The van der Waals surface area contributed by atoms with E-state index in [1.54, 1.807) is 6.33 Å². The van der Waals surface area contributed by atoms with E-state index >= 15 is 0 Å². The average molecular weight is 320 g/mol. The summed E-state index contributed by atoms with van der Waals surface area (Å²) in [6.07, 6.45) is 13.0. The maximum Gasteiger partial charge on any atom is 0.139 e. The van der Waals surface area contributed by atoms with Crippen molar-refractivity contribution >= 4 is 16.7 Å². The van der Waals surface area contributed by atoms with Crippen molar-refractivity contribution in [1.29, 1.82) is 0 Å². The van der Waals surface area contributed by atoms with Gasteiger partial charge in [-0.2, -0.15) is 0 Å². The van der Waals surface area contributed by atoms with E-state index in [0.29, 0.717) is 5.54 Å². The molecule has 0 aromatic carbocycles. The summed E-state index contributed by atoms with van der Waals surface area (Å²) in [7, 11) is 0. The van der Waals surface area contributed by atoms with E-state index in [9.17, 15) is 0 Å². The fourth-order valence-electron chi connectivity index (χ4n) is 4.26. The number of H-pyrrole nitrogens is 1. The van der Waals surface area contributed by atoms with E-state index in [1.807, 2.05) is 24.8 Å². The van der Waals surface area contributed by atoms with Crippen molar-refractivity contribution in [3.05, 3.63) is 37.2 Å². The molecule has 2 fully saturated rings. The maximum absolute atomic E-state index is 4.51. The third-order valence-corrected chi connectivity index (χ3v) is 5.45. The summed E-state index contributed by atoms with van der Waals surface area (Å²) >= 11 is 0. The van der Waals surface area contributed by atoms with Crippen molar-refractivity contribution < 1.29 is 0 Å². The molecule has 1 atom stereocenters. The summed E-state index contributed by atoms with van der Waals surface area (Å²) in [6.45, 7) is 3.31. The van der Waals surface area contributed by atoms with Crippen LogP contribution in [0.15, 0.2) is 37.2 Å². The molecule has 122 valence electrons. The zero-order valence-electron chi connectivity index (χ0n) is 13.5. The Hall–Kier alpha value is -2.47. The van der Waals surface area contributed by atoms with Gasteiger partial charge in [-0.25, -0.2) is 15.0 Å². The van der Waals surface area contributed by atoms with E-state index in [4.69, 9.17) is 0 Å². The summed E-state index contributed by atoms with van der Waals surface area (Å²) in [4.78, 5) is 18.6. The molecule has 5 heterocycles. The first-order chi connectivity index (χ1) is 11.8. The Labute approximate surface area is 140 Å². The zero-order chi connectivity index (χ0) is 16.0. The number of fused-ring (bicyclic) bond motifs is 1. The highest BCUT2D eigenvalue weighted by Gasteiger charge is 2.40. The van der Waals surface area contributed by atoms with Crippen LogP contribution in [0.3, 0.4) is 0 Å². The maximum atomic E-state index is 4.51. The molecule has 0 aliphatic carbocycles. The third-order valence-electron chi connectivity index (χ3n) is 5.45. The van der Waals surface area contributed by atoms with Crippen LogP contribution in [0, 0.1) is 0 Å². The smallest absolute Gasteiger partial charge is 0.139 e. The molecular formula is C18H20N6. The number of aromatic amines is 1. The first-order valence-corrected chi connectivity index (χ1v) is 8.56. The number of nitrogens with zero attached hydrogens (tertiary/aromatic N) is 4. The first-order valence-electron chi connectivity index (χ1n) is 8.56. The molecule has 2 aliphatic rings. The normalized spacial score (nSPS) is 23.6. The van der Waals surface area contributed by atoms with Gasteiger partial charge in [0, 0.05) is 60.2 Å². The van der Waals surface area contributed by atoms with Gasteiger partial charge >= 0.3 is 0 Å². The highest BCUT2D eigenvalue weighted by molar-refractivity contribution is 6.02. The Kier molecular flexibility index (Phi) is 3.06. The van der Waals surface area contributed by atoms with Crippen molar-refractivity contribution in [2.24, 2.45) is 0 Å². The molecule has 2 aliphatic heterocycles. The number of pyridine rings is 1. The predicted molar refractivity (Wildman–Crippen MR) is 93.9 cm³/mol. The van der Waals surface area contributed by atoms with Gasteiger partial charge in [0.2, 0.25) is 0 Å². The molecule has 0 amide bonds. The molecule has 0 radical (unpaired) electrons. The number of hydrogen-bond donors (Lipinski definition) is 2. The van der Waals surface area contributed by atoms with Gasteiger partial charge in [0.1, 0.15) is 12.0 Å². The number of aromatic nitrogens is 4. The molecule has 1 unspecified atom stereocenters. The van der Waals surface area contributed by atoms with Crippen molar-refractivity contribution in [1.82, 2.24) is 25.3 Å². The van der Waals surface area contributed by atoms with Crippen LogP contribution in [0.5, 0.6) is 0 Å². The molecule has 1 spiro atoms. The average Bonchev–Trinajstić information content (AvgIpc) is 3.36. The lowest BCUT2D eigenvalue weighted by molar-refractivity contribution is 0.419. The summed E-state index contributed by atoms with van der Waals surface area (Å²) in [5.74, 6) is 0. The summed E-state index contributed by atoms with van der Waals surface area (Å²) in [5.41, 5.74) is 4.62. The van der Waals surface area contributed by atoms with Crippen molar-refractivity contribution in [2.75, 3.05) is 24.5 Å². The van der Waals surface area contributed by atoms with Crippen LogP contribution in [0.4, 0.5) is 5.69 Å². The van der Waals surface area contributed by atoms with Gasteiger partial charge in [0.25, 0.3) is 0 Å². The second-order valence-corrected chi connectivity index (χ2v) is 6.87. The molecule has 2 saturated heterocycles. The monoisotopic (exact) mass is 320 g/mol. The van der Waals surface area contributed by atoms with E-state index in [1.165, 1.54) is 30.3 Å². The van der Waals surface area contributed by atoms with Crippen LogP contribution >= 0.6 is 0 Å². The largest absolute Gasteiger partial charge is 0.369 e. The van der Waals surface area contributed by atoms with Crippen molar-refractivity contribution in [3.8, 4) is 11.1 Å². The number of nitrogens with one attached hydrogen (secondary N) is 2. The van der Waals surface area contributed by atoms with Gasteiger partial charge in [-0.1, -0.05) is 0 Å². The first kappa shape index (κ1) is 13.9. The van der Waals surface area contributed by atoms with Gasteiger partial charge in [0.05, 0.1) is 5.39 Å². The van der Waals surface area contributed by atoms with Gasteiger partial charge in [-0.3, -0.25) is 0 Å². The van der Waals surface area contributed by atoms with Crippen molar-refractivity contribution in [2.45, 2.75) is 24.8 Å². The Bertz CT molecular complexity index is 866. The standard InChI is InChI=1S/C18H20N6/c1-3-18(23-5-1)4-7-24(11-18)15-2-6-21-17-16(15)14(10-22-17)13-8-19-12-20-9-13/h2,6,8-10,12,23H,1,3-5,7,11H2,(H,21,22). The minimum Gasteiger partial charge on any atom is -0.369 e. The summed E-state index contributed by atoms with van der Waals surface area (Å²) in [5, 5.41) is 4.90. The fourth-order valence-corrected chi connectivity index (χ4v) is 4.26. The molecule has 24 heavy (non-hydrogen) atoms. The molecular weight excluding hydrogens is 300 g/mol. The Morgan fingerprint density at radius 2 is 2.08 bits per heavy atom. The van der Waals surface area contributed by atoms with Gasteiger partial charge in [0.15, 0.2) is 0 Å². The predicted octanol–water partition coefficient (Wildman–Crippen LogP) is 2.35. The van der Waals surface area contributed by atoms with E-state index < -0.39 is 0 Å². The van der Waals surface area contributed by atoms with Gasteiger partial charge < -0.3 is 15.2 Å². The van der Waals surface area contributed by atoms with E-state index in [0.717, 1.165) is 36.4 Å². The molecule has 3 aromatic heterocycles. The number of anilines is 1. The highest BCUT2D eigenvalue weighted by Crippen LogP contribution is 2.39. The highest BCUT2D eigenvalue weighted by atomic mass is 15.2. The summed E-state index contributed by atoms with van der Waals surface area (Å²) < 4.78 is 0. The second-order valence-electron chi connectivity index (χ2n) is 6.87. The Morgan fingerprint density at radius 3 is 2.92 bits per heavy atom. The summed E-state index contributed by atoms with van der Waals surface area (Å²) in [6, 6.07) is 2.14. The lowest BCUT2D eigenvalue weighted by Gasteiger charge is -2.26. The van der Waals surface area contributed by atoms with Gasteiger partial charge in [-0.05, 0) is 31.9 Å². The fraction of sp³-hybridized carbons (Fsp3) is 0.389. The number of rotatable bonds is 2. The molecule has 0 saturated carbocycles. The van der Waals surface area contributed by atoms with Gasteiger partial charge in [-0.15, -0.1) is 0 Å². The van der Waals surface area contributed by atoms with E-state index in [-0.39, 0.29) is 0 Å². The zero-order valence-corrected chi connectivity index (χ0v) is 13.5.